The molecule has 1 rings (SSSR count). The standard InChI is InChI=1S/C11H15Cl2N3/c1-8(14)16-15-7-3-4-9-10(12)5-2-6-11(9)13/h2,5-6,15H,3-4,7H2,1H3,(H2,14,16). The fraction of sp³-hybridized carbons (Fsp3) is 0.364. The summed E-state index contributed by atoms with van der Waals surface area (Å²) in [6.45, 7) is 2.48. The summed E-state index contributed by atoms with van der Waals surface area (Å²) in [6, 6.07) is 5.53. The Bertz CT molecular complexity index is 353. The first-order valence-corrected chi connectivity index (χ1v) is 5.82. The maximum absolute atomic E-state index is 6.04. The van der Waals surface area contributed by atoms with Crippen LogP contribution in [0.1, 0.15) is 18.9 Å². The lowest BCUT2D eigenvalue weighted by Gasteiger charge is -2.06. The Morgan fingerprint density at radius 2 is 2.00 bits per heavy atom. The highest BCUT2D eigenvalue weighted by atomic mass is 35.5. The topological polar surface area (TPSA) is 50.4 Å². The van der Waals surface area contributed by atoms with E-state index < -0.39 is 0 Å². The van der Waals surface area contributed by atoms with E-state index in [0.717, 1.165) is 24.9 Å². The quantitative estimate of drug-likeness (QED) is 0.370. The molecule has 0 aliphatic heterocycles. The van der Waals surface area contributed by atoms with Crippen LogP contribution in [0.25, 0.3) is 0 Å². The van der Waals surface area contributed by atoms with Crippen LogP contribution in [-0.2, 0) is 6.42 Å². The Labute approximate surface area is 106 Å². The van der Waals surface area contributed by atoms with Crippen molar-refractivity contribution in [2.45, 2.75) is 19.8 Å². The minimum absolute atomic E-state index is 0.524. The summed E-state index contributed by atoms with van der Waals surface area (Å²) < 4.78 is 0. The first kappa shape index (κ1) is 13.1. The van der Waals surface area contributed by atoms with E-state index in [9.17, 15) is 0 Å². The smallest absolute Gasteiger partial charge is 0.116 e. The van der Waals surface area contributed by atoms with E-state index >= 15 is 0 Å². The predicted octanol–water partition coefficient (Wildman–Crippen LogP) is 2.81. The number of rotatable bonds is 5. The van der Waals surface area contributed by atoms with Crippen molar-refractivity contribution >= 4 is 29.0 Å². The molecule has 3 nitrogen and oxygen atoms in total. The molecule has 0 amide bonds. The fourth-order valence-electron chi connectivity index (χ4n) is 1.30. The second-order valence-electron chi connectivity index (χ2n) is 3.47. The monoisotopic (exact) mass is 259 g/mol. The van der Waals surface area contributed by atoms with Gasteiger partial charge in [0.2, 0.25) is 0 Å². The Kier molecular flexibility index (Phi) is 5.43. The summed E-state index contributed by atoms with van der Waals surface area (Å²) in [6.07, 6.45) is 1.73. The first-order valence-electron chi connectivity index (χ1n) is 5.06. The third-order valence-electron chi connectivity index (χ3n) is 2.03. The lowest BCUT2D eigenvalue weighted by molar-refractivity contribution is 0.681. The molecule has 0 radical (unpaired) electrons. The Morgan fingerprint density at radius 3 is 2.56 bits per heavy atom. The molecular formula is C11H15Cl2N3. The number of benzene rings is 1. The zero-order valence-electron chi connectivity index (χ0n) is 9.13. The molecule has 1 aromatic carbocycles. The molecule has 5 heteroatoms. The third-order valence-corrected chi connectivity index (χ3v) is 2.74. The van der Waals surface area contributed by atoms with Gasteiger partial charge in [-0.1, -0.05) is 29.3 Å². The highest BCUT2D eigenvalue weighted by molar-refractivity contribution is 6.35. The van der Waals surface area contributed by atoms with Gasteiger partial charge in [-0.2, -0.15) is 5.10 Å². The number of hydrogen-bond donors (Lipinski definition) is 2. The molecule has 0 atom stereocenters. The van der Waals surface area contributed by atoms with Crippen LogP contribution in [0, 0.1) is 0 Å². The number of hydrogen-bond acceptors (Lipinski definition) is 2. The van der Waals surface area contributed by atoms with Gasteiger partial charge in [-0.15, -0.1) is 0 Å². The van der Waals surface area contributed by atoms with Crippen molar-refractivity contribution in [3.63, 3.8) is 0 Å². The van der Waals surface area contributed by atoms with Crippen molar-refractivity contribution in [3.8, 4) is 0 Å². The molecule has 0 spiro atoms. The van der Waals surface area contributed by atoms with Crippen LogP contribution in [0.5, 0.6) is 0 Å². The van der Waals surface area contributed by atoms with Gasteiger partial charge in [0, 0.05) is 16.6 Å². The van der Waals surface area contributed by atoms with Gasteiger partial charge in [0.05, 0.1) is 0 Å². The molecule has 1 aromatic rings. The van der Waals surface area contributed by atoms with Gasteiger partial charge in [-0.25, -0.2) is 0 Å². The Balaban J connectivity index is 2.40. The van der Waals surface area contributed by atoms with Crippen molar-refractivity contribution in [2.75, 3.05) is 6.54 Å². The number of amidine groups is 1. The van der Waals surface area contributed by atoms with Crippen LogP contribution in [0.3, 0.4) is 0 Å². The van der Waals surface area contributed by atoms with Crippen molar-refractivity contribution in [2.24, 2.45) is 10.8 Å². The second-order valence-corrected chi connectivity index (χ2v) is 4.28. The average Bonchev–Trinajstić information content (AvgIpc) is 2.21. The van der Waals surface area contributed by atoms with E-state index in [0.29, 0.717) is 15.9 Å². The minimum Gasteiger partial charge on any atom is -0.386 e. The average molecular weight is 260 g/mol. The number of halogens is 2. The van der Waals surface area contributed by atoms with Crippen LogP contribution in [0.15, 0.2) is 23.3 Å². The molecule has 88 valence electrons. The van der Waals surface area contributed by atoms with Gasteiger partial charge in [0.25, 0.3) is 0 Å². The second kappa shape index (κ2) is 6.61. The molecule has 16 heavy (non-hydrogen) atoms. The van der Waals surface area contributed by atoms with E-state index in [1.165, 1.54) is 0 Å². The normalized spacial score (nSPS) is 11.6. The highest BCUT2D eigenvalue weighted by Crippen LogP contribution is 2.25. The Morgan fingerprint density at radius 1 is 1.38 bits per heavy atom. The lowest BCUT2D eigenvalue weighted by atomic mass is 10.1. The SMILES string of the molecule is C/C(N)=N\NCCCc1c(Cl)cccc1Cl. The van der Waals surface area contributed by atoms with Crippen LogP contribution in [0.4, 0.5) is 0 Å². The third kappa shape index (κ3) is 4.29. The van der Waals surface area contributed by atoms with Gasteiger partial charge in [-0.05, 0) is 37.5 Å². The number of nitrogens with zero attached hydrogens (tertiary/aromatic N) is 1. The molecule has 0 heterocycles. The summed E-state index contributed by atoms with van der Waals surface area (Å²) in [5, 5.41) is 5.31. The van der Waals surface area contributed by atoms with Gasteiger partial charge in [-0.3, -0.25) is 0 Å². The van der Waals surface area contributed by atoms with Crippen LogP contribution >= 0.6 is 23.2 Å². The maximum Gasteiger partial charge on any atom is 0.116 e. The molecule has 0 unspecified atom stereocenters. The molecule has 0 aromatic heterocycles. The van der Waals surface area contributed by atoms with Gasteiger partial charge < -0.3 is 11.2 Å². The summed E-state index contributed by atoms with van der Waals surface area (Å²) in [5.41, 5.74) is 9.24. The van der Waals surface area contributed by atoms with E-state index in [1.807, 2.05) is 18.2 Å². The van der Waals surface area contributed by atoms with E-state index in [4.69, 9.17) is 28.9 Å². The lowest BCUT2D eigenvalue weighted by Crippen LogP contribution is -2.15. The van der Waals surface area contributed by atoms with Gasteiger partial charge >= 0.3 is 0 Å². The van der Waals surface area contributed by atoms with Crippen LogP contribution in [-0.4, -0.2) is 12.4 Å². The zero-order valence-corrected chi connectivity index (χ0v) is 10.6. The van der Waals surface area contributed by atoms with Crippen molar-refractivity contribution < 1.29 is 0 Å². The van der Waals surface area contributed by atoms with E-state index in [1.54, 1.807) is 6.92 Å². The predicted molar refractivity (Wildman–Crippen MR) is 70.1 cm³/mol. The van der Waals surface area contributed by atoms with Crippen LogP contribution < -0.4 is 11.2 Å². The largest absolute Gasteiger partial charge is 0.386 e. The highest BCUT2D eigenvalue weighted by Gasteiger charge is 2.04. The van der Waals surface area contributed by atoms with Crippen LogP contribution in [0.2, 0.25) is 10.0 Å². The molecular weight excluding hydrogens is 245 g/mol. The molecule has 0 aliphatic carbocycles. The summed E-state index contributed by atoms with van der Waals surface area (Å²) in [4.78, 5) is 0. The number of hydrazone groups is 1. The zero-order chi connectivity index (χ0) is 12.0. The molecule has 0 saturated carbocycles. The molecule has 0 saturated heterocycles. The molecule has 0 aliphatic rings. The van der Waals surface area contributed by atoms with Crippen molar-refractivity contribution in [1.82, 2.24) is 5.43 Å². The molecule has 3 N–H and O–H groups in total. The Hall–Kier alpha value is -0.930. The van der Waals surface area contributed by atoms with Crippen molar-refractivity contribution in [3.05, 3.63) is 33.8 Å². The first-order chi connectivity index (χ1) is 7.61. The van der Waals surface area contributed by atoms with E-state index in [-0.39, 0.29) is 0 Å². The number of nitrogens with one attached hydrogen (secondary N) is 1. The fourth-order valence-corrected chi connectivity index (χ4v) is 1.88. The van der Waals surface area contributed by atoms with Gasteiger partial charge in [0.1, 0.15) is 5.84 Å². The van der Waals surface area contributed by atoms with Crippen molar-refractivity contribution in [1.29, 1.82) is 0 Å². The number of nitrogens with two attached hydrogens (primary N) is 1. The maximum atomic E-state index is 6.04. The summed E-state index contributed by atoms with van der Waals surface area (Å²) in [7, 11) is 0. The summed E-state index contributed by atoms with van der Waals surface area (Å²) >= 11 is 12.1. The summed E-state index contributed by atoms with van der Waals surface area (Å²) in [5.74, 6) is 0.524. The minimum atomic E-state index is 0.524. The molecule has 0 fully saturated rings. The molecule has 0 bridgehead atoms. The van der Waals surface area contributed by atoms with E-state index in [2.05, 4.69) is 10.5 Å². The van der Waals surface area contributed by atoms with Gasteiger partial charge in [0.15, 0.2) is 0 Å².